The summed E-state index contributed by atoms with van der Waals surface area (Å²) in [6.45, 7) is 8.43. The normalized spacial score (nSPS) is 12.8. The maximum absolute atomic E-state index is 5.69. The Morgan fingerprint density at radius 2 is 2.00 bits per heavy atom. The molecule has 1 aromatic carbocycles. The summed E-state index contributed by atoms with van der Waals surface area (Å²) in [5, 5.41) is 3.43. The second-order valence-electron chi connectivity index (χ2n) is 4.70. The average molecular weight is 220 g/mol. The van der Waals surface area contributed by atoms with Crippen molar-refractivity contribution in [1.82, 2.24) is 5.32 Å². The molecular weight excluding hydrogens is 196 g/mol. The average Bonchev–Trinajstić information content (AvgIpc) is 2.22. The van der Waals surface area contributed by atoms with Crippen LogP contribution >= 0.6 is 0 Å². The Labute approximate surface area is 99.2 Å². The van der Waals surface area contributed by atoms with Gasteiger partial charge in [0.1, 0.15) is 0 Å². The van der Waals surface area contributed by atoms with Crippen LogP contribution in [-0.4, -0.2) is 19.1 Å². The highest BCUT2D eigenvalue weighted by atomic mass is 14.8. The topological polar surface area (TPSA) is 38.0 Å². The van der Waals surface area contributed by atoms with E-state index in [2.05, 4.69) is 37.4 Å². The third kappa shape index (κ3) is 4.77. The zero-order valence-electron chi connectivity index (χ0n) is 10.7. The molecule has 1 aromatic rings. The number of benzene rings is 1. The third-order valence-corrected chi connectivity index (χ3v) is 2.85. The highest BCUT2D eigenvalue weighted by molar-refractivity contribution is 5.30. The molecule has 0 radical (unpaired) electrons. The van der Waals surface area contributed by atoms with Gasteiger partial charge in [-0.2, -0.15) is 0 Å². The maximum atomic E-state index is 5.69. The standard InChI is InChI=1S/C14H24N2/c1-11-4-5-12(2)14(10-11)7-9-16-8-6-13(3)15/h4-5,10,13,16H,6-9,15H2,1-3H3. The van der Waals surface area contributed by atoms with E-state index in [9.17, 15) is 0 Å². The molecule has 1 atom stereocenters. The van der Waals surface area contributed by atoms with E-state index in [0.29, 0.717) is 6.04 Å². The molecule has 3 N–H and O–H groups in total. The van der Waals surface area contributed by atoms with Gasteiger partial charge in [-0.3, -0.25) is 0 Å². The molecule has 90 valence electrons. The van der Waals surface area contributed by atoms with Gasteiger partial charge >= 0.3 is 0 Å². The van der Waals surface area contributed by atoms with Crippen LogP contribution in [0.25, 0.3) is 0 Å². The second kappa shape index (κ2) is 6.66. The van der Waals surface area contributed by atoms with Gasteiger partial charge in [0.25, 0.3) is 0 Å². The van der Waals surface area contributed by atoms with Gasteiger partial charge in [0.15, 0.2) is 0 Å². The smallest absolute Gasteiger partial charge is 0.00225 e. The van der Waals surface area contributed by atoms with Crippen LogP contribution in [0, 0.1) is 13.8 Å². The summed E-state index contributed by atoms with van der Waals surface area (Å²) in [6.07, 6.45) is 2.15. The van der Waals surface area contributed by atoms with Crippen LogP contribution in [0.4, 0.5) is 0 Å². The molecule has 0 bridgehead atoms. The lowest BCUT2D eigenvalue weighted by atomic mass is 10.0. The predicted molar refractivity (Wildman–Crippen MR) is 70.8 cm³/mol. The lowest BCUT2D eigenvalue weighted by Crippen LogP contribution is -2.25. The first-order chi connectivity index (χ1) is 7.59. The van der Waals surface area contributed by atoms with E-state index in [1.807, 2.05) is 6.92 Å². The molecule has 0 saturated carbocycles. The number of hydrogen-bond acceptors (Lipinski definition) is 2. The van der Waals surface area contributed by atoms with E-state index in [0.717, 1.165) is 25.9 Å². The summed E-state index contributed by atoms with van der Waals surface area (Å²) in [6, 6.07) is 6.95. The minimum absolute atomic E-state index is 0.299. The molecule has 0 aromatic heterocycles. The molecule has 0 saturated heterocycles. The molecule has 0 aliphatic rings. The van der Waals surface area contributed by atoms with E-state index in [4.69, 9.17) is 5.73 Å². The Morgan fingerprint density at radius 3 is 2.69 bits per heavy atom. The quantitative estimate of drug-likeness (QED) is 0.721. The van der Waals surface area contributed by atoms with Gasteiger partial charge < -0.3 is 11.1 Å². The number of nitrogens with two attached hydrogens (primary N) is 1. The van der Waals surface area contributed by atoms with Crippen molar-refractivity contribution in [3.63, 3.8) is 0 Å². The molecule has 16 heavy (non-hydrogen) atoms. The van der Waals surface area contributed by atoms with Crippen molar-refractivity contribution in [3.05, 3.63) is 34.9 Å². The van der Waals surface area contributed by atoms with Gasteiger partial charge in [-0.05, 0) is 57.8 Å². The minimum atomic E-state index is 0.299. The van der Waals surface area contributed by atoms with Gasteiger partial charge in [-0.15, -0.1) is 0 Å². The van der Waals surface area contributed by atoms with E-state index >= 15 is 0 Å². The number of nitrogens with one attached hydrogen (secondary N) is 1. The molecule has 2 heteroatoms. The summed E-state index contributed by atoms with van der Waals surface area (Å²) in [4.78, 5) is 0. The molecular formula is C14H24N2. The first kappa shape index (κ1) is 13.2. The minimum Gasteiger partial charge on any atom is -0.328 e. The van der Waals surface area contributed by atoms with Crippen LogP contribution in [0.15, 0.2) is 18.2 Å². The molecule has 0 aliphatic carbocycles. The van der Waals surface area contributed by atoms with Crippen molar-refractivity contribution < 1.29 is 0 Å². The fraction of sp³-hybridized carbons (Fsp3) is 0.571. The van der Waals surface area contributed by atoms with E-state index < -0.39 is 0 Å². The van der Waals surface area contributed by atoms with E-state index in [-0.39, 0.29) is 0 Å². The lowest BCUT2D eigenvalue weighted by molar-refractivity contribution is 0.589. The molecule has 0 aliphatic heterocycles. The second-order valence-corrected chi connectivity index (χ2v) is 4.70. The zero-order chi connectivity index (χ0) is 12.0. The lowest BCUT2D eigenvalue weighted by Gasteiger charge is -2.09. The van der Waals surface area contributed by atoms with E-state index in [1.165, 1.54) is 16.7 Å². The molecule has 0 fully saturated rings. The van der Waals surface area contributed by atoms with Gasteiger partial charge in [0, 0.05) is 6.04 Å². The summed E-state index contributed by atoms with van der Waals surface area (Å²) < 4.78 is 0. The van der Waals surface area contributed by atoms with Crippen LogP contribution in [0.3, 0.4) is 0 Å². The van der Waals surface area contributed by atoms with Gasteiger partial charge in [-0.25, -0.2) is 0 Å². The van der Waals surface area contributed by atoms with Gasteiger partial charge in [-0.1, -0.05) is 23.8 Å². The van der Waals surface area contributed by atoms with Crippen molar-refractivity contribution in [2.75, 3.05) is 13.1 Å². The maximum Gasteiger partial charge on any atom is 0.00225 e. The number of hydrogen-bond donors (Lipinski definition) is 2. The summed E-state index contributed by atoms with van der Waals surface area (Å²) in [5.41, 5.74) is 9.87. The monoisotopic (exact) mass is 220 g/mol. The van der Waals surface area contributed by atoms with Crippen LogP contribution in [0.5, 0.6) is 0 Å². The summed E-state index contributed by atoms with van der Waals surface area (Å²) in [5.74, 6) is 0. The third-order valence-electron chi connectivity index (χ3n) is 2.85. The summed E-state index contributed by atoms with van der Waals surface area (Å²) in [7, 11) is 0. The molecule has 0 spiro atoms. The van der Waals surface area contributed by atoms with Crippen molar-refractivity contribution in [3.8, 4) is 0 Å². The first-order valence-electron chi connectivity index (χ1n) is 6.12. The largest absolute Gasteiger partial charge is 0.328 e. The fourth-order valence-electron chi connectivity index (χ4n) is 1.75. The van der Waals surface area contributed by atoms with Gasteiger partial charge in [0.2, 0.25) is 0 Å². The molecule has 0 amide bonds. The zero-order valence-corrected chi connectivity index (χ0v) is 10.7. The molecule has 1 unspecified atom stereocenters. The molecule has 2 nitrogen and oxygen atoms in total. The predicted octanol–water partition coefficient (Wildman–Crippen LogP) is 2.17. The summed E-state index contributed by atoms with van der Waals surface area (Å²) >= 11 is 0. The van der Waals surface area contributed by atoms with Crippen LogP contribution < -0.4 is 11.1 Å². The number of rotatable bonds is 6. The Hall–Kier alpha value is -0.860. The Bertz CT molecular complexity index is 319. The molecule has 0 heterocycles. The van der Waals surface area contributed by atoms with Gasteiger partial charge in [0.05, 0.1) is 0 Å². The highest BCUT2D eigenvalue weighted by Gasteiger charge is 1.99. The van der Waals surface area contributed by atoms with Crippen LogP contribution in [-0.2, 0) is 6.42 Å². The Morgan fingerprint density at radius 1 is 1.25 bits per heavy atom. The van der Waals surface area contributed by atoms with E-state index in [1.54, 1.807) is 0 Å². The van der Waals surface area contributed by atoms with Crippen molar-refractivity contribution in [2.24, 2.45) is 5.73 Å². The van der Waals surface area contributed by atoms with Crippen molar-refractivity contribution >= 4 is 0 Å². The van der Waals surface area contributed by atoms with Crippen LogP contribution in [0.2, 0.25) is 0 Å². The number of aryl methyl sites for hydroxylation is 2. The SMILES string of the molecule is Cc1ccc(C)c(CCNCCC(C)N)c1. The fourth-order valence-corrected chi connectivity index (χ4v) is 1.75. The first-order valence-corrected chi connectivity index (χ1v) is 6.12. The van der Waals surface area contributed by atoms with Crippen molar-refractivity contribution in [1.29, 1.82) is 0 Å². The van der Waals surface area contributed by atoms with Crippen molar-refractivity contribution in [2.45, 2.75) is 39.7 Å². The van der Waals surface area contributed by atoms with Crippen LogP contribution in [0.1, 0.15) is 30.0 Å². The molecule has 1 rings (SSSR count). The Kier molecular flexibility index (Phi) is 5.50. The Balaban J connectivity index is 2.29. The highest BCUT2D eigenvalue weighted by Crippen LogP contribution is 2.10.